The van der Waals surface area contributed by atoms with E-state index in [-0.39, 0.29) is 5.69 Å². The van der Waals surface area contributed by atoms with Crippen LogP contribution in [0.4, 0.5) is 5.69 Å². The average molecular weight is 346 g/mol. The topological polar surface area (TPSA) is 77.5 Å². The van der Waals surface area contributed by atoms with Gasteiger partial charge in [0.15, 0.2) is 6.29 Å². The second kappa shape index (κ2) is 5.10. The van der Waals surface area contributed by atoms with Crippen LogP contribution in [0.3, 0.4) is 0 Å². The molecule has 7 heteroatoms. The Morgan fingerprint density at radius 1 is 1.19 bits per heavy atom. The third-order valence-electron chi connectivity index (χ3n) is 3.08. The number of pyridine rings is 1. The highest BCUT2D eigenvalue weighted by Gasteiger charge is 2.14. The molecule has 3 aromatic rings. The normalized spacial score (nSPS) is 10.7. The van der Waals surface area contributed by atoms with Crippen molar-refractivity contribution in [1.29, 1.82) is 0 Å². The fourth-order valence-electron chi connectivity index (χ4n) is 2.10. The molecule has 0 saturated carbocycles. The van der Waals surface area contributed by atoms with Crippen molar-refractivity contribution >= 4 is 33.6 Å². The Hall–Kier alpha value is -2.54. The number of carbonyl (C=O) groups is 1. The zero-order chi connectivity index (χ0) is 15.0. The number of nitro groups is 1. The molecule has 0 aliphatic rings. The summed E-state index contributed by atoms with van der Waals surface area (Å²) in [5.41, 5.74) is 2.19. The minimum atomic E-state index is -0.467. The van der Waals surface area contributed by atoms with Crippen molar-refractivity contribution in [3.05, 3.63) is 62.9 Å². The highest BCUT2D eigenvalue weighted by molar-refractivity contribution is 9.10. The van der Waals surface area contributed by atoms with Gasteiger partial charge in [0.25, 0.3) is 5.69 Å². The highest BCUT2D eigenvalue weighted by atomic mass is 79.9. The molecule has 0 bridgehead atoms. The summed E-state index contributed by atoms with van der Waals surface area (Å²) in [6.45, 7) is 0. The van der Waals surface area contributed by atoms with Gasteiger partial charge in [0, 0.05) is 28.4 Å². The van der Waals surface area contributed by atoms with Crippen LogP contribution in [0.25, 0.3) is 16.9 Å². The number of imidazole rings is 1. The first kappa shape index (κ1) is 13.4. The van der Waals surface area contributed by atoms with Gasteiger partial charge in [0.05, 0.1) is 4.92 Å². The summed E-state index contributed by atoms with van der Waals surface area (Å²) < 4.78 is 2.50. The second-order valence-electron chi connectivity index (χ2n) is 4.34. The van der Waals surface area contributed by atoms with E-state index >= 15 is 0 Å². The molecule has 0 aliphatic heterocycles. The van der Waals surface area contributed by atoms with Crippen molar-refractivity contribution in [2.75, 3.05) is 0 Å². The first-order valence-corrected chi connectivity index (χ1v) is 6.77. The smallest absolute Gasteiger partial charge is 0.269 e. The number of aldehydes is 1. The number of benzene rings is 1. The second-order valence-corrected chi connectivity index (χ2v) is 5.26. The Labute approximate surface area is 127 Å². The van der Waals surface area contributed by atoms with E-state index in [9.17, 15) is 14.9 Å². The predicted molar refractivity (Wildman–Crippen MR) is 80.4 cm³/mol. The lowest BCUT2D eigenvalue weighted by Gasteiger charge is -1.99. The summed E-state index contributed by atoms with van der Waals surface area (Å²) in [5.74, 6) is 0. The molecule has 3 rings (SSSR count). The van der Waals surface area contributed by atoms with E-state index < -0.39 is 4.92 Å². The van der Waals surface area contributed by atoms with E-state index in [0.717, 1.165) is 10.8 Å². The van der Waals surface area contributed by atoms with Gasteiger partial charge in [0.2, 0.25) is 0 Å². The van der Waals surface area contributed by atoms with Crippen LogP contribution in [-0.2, 0) is 0 Å². The minimum absolute atomic E-state index is 0.00193. The van der Waals surface area contributed by atoms with Gasteiger partial charge in [-0.2, -0.15) is 0 Å². The first-order valence-electron chi connectivity index (χ1n) is 5.98. The van der Waals surface area contributed by atoms with Gasteiger partial charge < -0.3 is 0 Å². The number of hydrogen-bond acceptors (Lipinski definition) is 4. The SMILES string of the molecule is O=Cc1c(-c2ccc([N+](=O)[O-])cc2)nc2ccc(Br)cn12. The molecular formula is C14H8BrN3O3. The number of nitrogens with zero attached hydrogens (tertiary/aromatic N) is 3. The van der Waals surface area contributed by atoms with Crippen LogP contribution in [-0.4, -0.2) is 20.6 Å². The molecular weight excluding hydrogens is 338 g/mol. The average Bonchev–Trinajstić information content (AvgIpc) is 2.85. The van der Waals surface area contributed by atoms with E-state index in [1.54, 1.807) is 28.8 Å². The Morgan fingerprint density at radius 2 is 1.90 bits per heavy atom. The van der Waals surface area contributed by atoms with Crippen LogP contribution >= 0.6 is 15.9 Å². The number of rotatable bonds is 3. The molecule has 2 heterocycles. The van der Waals surface area contributed by atoms with Crippen molar-refractivity contribution in [1.82, 2.24) is 9.38 Å². The molecule has 0 spiro atoms. The number of carbonyl (C=O) groups excluding carboxylic acids is 1. The molecule has 0 fully saturated rings. The monoisotopic (exact) mass is 345 g/mol. The number of fused-ring (bicyclic) bond motifs is 1. The molecule has 0 saturated heterocycles. The predicted octanol–water partition coefficient (Wildman–Crippen LogP) is 3.48. The lowest BCUT2D eigenvalue weighted by atomic mass is 10.1. The largest absolute Gasteiger partial charge is 0.296 e. The molecule has 0 aliphatic carbocycles. The van der Waals surface area contributed by atoms with Crippen LogP contribution in [0.5, 0.6) is 0 Å². The maximum absolute atomic E-state index is 11.4. The summed E-state index contributed by atoms with van der Waals surface area (Å²) in [7, 11) is 0. The number of non-ortho nitro benzene ring substituents is 1. The molecule has 104 valence electrons. The number of aromatic nitrogens is 2. The highest BCUT2D eigenvalue weighted by Crippen LogP contribution is 2.26. The quantitative estimate of drug-likeness (QED) is 0.413. The van der Waals surface area contributed by atoms with Crippen LogP contribution in [0.2, 0.25) is 0 Å². The molecule has 0 atom stereocenters. The van der Waals surface area contributed by atoms with Gasteiger partial charge in [-0.05, 0) is 40.2 Å². The standard InChI is InChI=1S/C14H8BrN3O3/c15-10-3-6-13-16-14(12(8-19)17(13)7-10)9-1-4-11(5-2-9)18(20)21/h1-8H. The Kier molecular flexibility index (Phi) is 3.26. The van der Waals surface area contributed by atoms with Crippen molar-refractivity contribution in [2.45, 2.75) is 0 Å². The van der Waals surface area contributed by atoms with Crippen LogP contribution < -0.4 is 0 Å². The summed E-state index contributed by atoms with van der Waals surface area (Å²) in [4.78, 5) is 26.0. The molecule has 2 aromatic heterocycles. The van der Waals surface area contributed by atoms with E-state index in [0.29, 0.717) is 22.6 Å². The number of hydrogen-bond donors (Lipinski definition) is 0. The third kappa shape index (κ3) is 2.31. The van der Waals surface area contributed by atoms with Crippen molar-refractivity contribution in [3.8, 4) is 11.3 Å². The van der Waals surface area contributed by atoms with Gasteiger partial charge in [-0.3, -0.25) is 19.3 Å². The fraction of sp³-hybridized carbons (Fsp3) is 0. The number of halogens is 1. The van der Waals surface area contributed by atoms with Gasteiger partial charge in [-0.1, -0.05) is 0 Å². The van der Waals surface area contributed by atoms with Gasteiger partial charge >= 0.3 is 0 Å². The lowest BCUT2D eigenvalue weighted by molar-refractivity contribution is -0.384. The van der Waals surface area contributed by atoms with Gasteiger partial charge in [-0.15, -0.1) is 0 Å². The van der Waals surface area contributed by atoms with Gasteiger partial charge in [0.1, 0.15) is 17.0 Å². The maximum atomic E-state index is 11.4. The molecule has 21 heavy (non-hydrogen) atoms. The maximum Gasteiger partial charge on any atom is 0.269 e. The molecule has 0 radical (unpaired) electrons. The molecule has 0 N–H and O–H groups in total. The molecule has 1 aromatic carbocycles. The fourth-order valence-corrected chi connectivity index (χ4v) is 2.44. The summed E-state index contributed by atoms with van der Waals surface area (Å²) in [6, 6.07) is 9.57. The molecule has 6 nitrogen and oxygen atoms in total. The summed E-state index contributed by atoms with van der Waals surface area (Å²) in [6.07, 6.45) is 2.48. The van der Waals surface area contributed by atoms with E-state index in [2.05, 4.69) is 20.9 Å². The minimum Gasteiger partial charge on any atom is -0.296 e. The van der Waals surface area contributed by atoms with Crippen LogP contribution in [0.15, 0.2) is 47.1 Å². The third-order valence-corrected chi connectivity index (χ3v) is 3.55. The molecule has 0 unspecified atom stereocenters. The van der Waals surface area contributed by atoms with Crippen LogP contribution in [0.1, 0.15) is 10.5 Å². The summed E-state index contributed by atoms with van der Waals surface area (Å²) >= 11 is 3.35. The Morgan fingerprint density at radius 3 is 2.52 bits per heavy atom. The van der Waals surface area contributed by atoms with Crippen molar-refractivity contribution in [3.63, 3.8) is 0 Å². The zero-order valence-electron chi connectivity index (χ0n) is 10.6. The lowest BCUT2D eigenvalue weighted by Crippen LogP contribution is -1.92. The van der Waals surface area contributed by atoms with Gasteiger partial charge in [-0.25, -0.2) is 4.98 Å². The van der Waals surface area contributed by atoms with Crippen molar-refractivity contribution < 1.29 is 9.72 Å². The first-order chi connectivity index (χ1) is 10.1. The number of nitro benzene ring substituents is 1. The van der Waals surface area contributed by atoms with Crippen LogP contribution in [0, 0.1) is 10.1 Å². The van der Waals surface area contributed by atoms with E-state index in [1.807, 2.05) is 6.07 Å². The zero-order valence-corrected chi connectivity index (χ0v) is 12.1. The molecule has 0 amide bonds. The Balaban J connectivity index is 2.19. The summed E-state index contributed by atoms with van der Waals surface area (Å²) in [5, 5.41) is 10.7. The Bertz CT molecular complexity index is 856. The van der Waals surface area contributed by atoms with Crippen molar-refractivity contribution in [2.24, 2.45) is 0 Å². The van der Waals surface area contributed by atoms with E-state index in [1.165, 1.54) is 12.1 Å². The van der Waals surface area contributed by atoms with E-state index in [4.69, 9.17) is 0 Å².